The van der Waals surface area contributed by atoms with Gasteiger partial charge in [0.15, 0.2) is 10.5 Å². The van der Waals surface area contributed by atoms with E-state index in [1.54, 1.807) is 19.9 Å². The summed E-state index contributed by atoms with van der Waals surface area (Å²) in [6.45, 7) is 4.05. The molecular weight excluding hydrogens is 390 g/mol. The largest absolute Gasteiger partial charge is 0.350 e. The standard InChI is InChI=1S/C17H21N3O5S2/c1-12-17(26-13(2)18-12)27(22,23)20-9-8-14(11-20)6-7-15(21)19-25-16-5-3-4-10-24-16/h6-9,11,16H,3-5,10H2,1-2H3,(H,19,21)/b7-6+. The van der Waals surface area contributed by atoms with Crippen molar-refractivity contribution in [3.63, 3.8) is 0 Å². The molecule has 0 spiro atoms. The Balaban J connectivity index is 1.62. The molecule has 1 fully saturated rings. The number of rotatable bonds is 6. The summed E-state index contributed by atoms with van der Waals surface area (Å²) in [5, 5.41) is 0.692. The Kier molecular flexibility index (Phi) is 6.10. The van der Waals surface area contributed by atoms with Gasteiger partial charge in [0.05, 0.1) is 10.7 Å². The lowest BCUT2D eigenvalue weighted by atomic mass is 10.2. The molecule has 3 heterocycles. The molecule has 146 valence electrons. The second-order valence-electron chi connectivity index (χ2n) is 6.10. The van der Waals surface area contributed by atoms with E-state index in [1.807, 2.05) is 0 Å². The third kappa shape index (κ3) is 4.83. The molecule has 1 aliphatic rings. The van der Waals surface area contributed by atoms with E-state index in [9.17, 15) is 13.2 Å². The molecule has 0 bridgehead atoms. The van der Waals surface area contributed by atoms with Gasteiger partial charge < -0.3 is 4.74 Å². The number of ether oxygens (including phenoxy) is 1. The van der Waals surface area contributed by atoms with Gasteiger partial charge in [-0.1, -0.05) is 0 Å². The summed E-state index contributed by atoms with van der Waals surface area (Å²) in [4.78, 5) is 21.2. The Morgan fingerprint density at radius 3 is 2.93 bits per heavy atom. The van der Waals surface area contributed by atoms with Crippen molar-refractivity contribution in [3.05, 3.63) is 40.8 Å². The highest BCUT2D eigenvalue weighted by molar-refractivity contribution is 7.92. The van der Waals surface area contributed by atoms with E-state index >= 15 is 0 Å². The van der Waals surface area contributed by atoms with Crippen LogP contribution in [0.3, 0.4) is 0 Å². The van der Waals surface area contributed by atoms with Crippen LogP contribution >= 0.6 is 11.3 Å². The van der Waals surface area contributed by atoms with E-state index in [2.05, 4.69) is 10.5 Å². The summed E-state index contributed by atoms with van der Waals surface area (Å²) >= 11 is 1.13. The van der Waals surface area contributed by atoms with Crippen molar-refractivity contribution in [3.8, 4) is 0 Å². The zero-order chi connectivity index (χ0) is 19.4. The van der Waals surface area contributed by atoms with Crippen molar-refractivity contribution < 1.29 is 22.8 Å². The minimum absolute atomic E-state index is 0.213. The lowest BCUT2D eigenvalue weighted by molar-refractivity contribution is -0.198. The number of aromatic nitrogens is 2. The lowest BCUT2D eigenvalue weighted by Gasteiger charge is -2.21. The van der Waals surface area contributed by atoms with Gasteiger partial charge in [-0.2, -0.15) is 8.42 Å². The van der Waals surface area contributed by atoms with Crippen LogP contribution in [-0.2, 0) is 24.4 Å². The number of thiazole rings is 1. The Bertz CT molecular complexity index is 940. The summed E-state index contributed by atoms with van der Waals surface area (Å²) in [6, 6.07) is 1.61. The first-order valence-electron chi connectivity index (χ1n) is 8.49. The maximum absolute atomic E-state index is 12.7. The SMILES string of the molecule is Cc1nc(C)c(S(=O)(=O)n2ccc(/C=C/C(=O)NOC3CCCCO3)c2)s1. The Morgan fingerprint density at radius 2 is 2.26 bits per heavy atom. The molecular formula is C17H21N3O5S2. The quantitative estimate of drug-likeness (QED) is 0.579. The summed E-state index contributed by atoms with van der Waals surface area (Å²) < 4.78 is 32.1. The number of amides is 1. The predicted molar refractivity (Wildman–Crippen MR) is 100 cm³/mol. The minimum Gasteiger partial charge on any atom is -0.350 e. The highest BCUT2D eigenvalue weighted by Gasteiger charge is 2.22. The van der Waals surface area contributed by atoms with Crippen molar-refractivity contribution in [2.75, 3.05) is 6.61 Å². The maximum Gasteiger partial charge on any atom is 0.279 e. The van der Waals surface area contributed by atoms with Crippen LogP contribution in [-0.4, -0.2) is 36.2 Å². The van der Waals surface area contributed by atoms with E-state index in [1.165, 1.54) is 24.5 Å². The summed E-state index contributed by atoms with van der Waals surface area (Å²) in [5.41, 5.74) is 3.36. The zero-order valence-electron chi connectivity index (χ0n) is 15.0. The first kappa shape index (κ1) is 19.7. The van der Waals surface area contributed by atoms with Crippen LogP contribution in [0.25, 0.3) is 6.08 Å². The van der Waals surface area contributed by atoms with Gasteiger partial charge in [-0.15, -0.1) is 11.3 Å². The number of carbonyl (C=O) groups is 1. The van der Waals surface area contributed by atoms with Gasteiger partial charge in [0, 0.05) is 31.5 Å². The van der Waals surface area contributed by atoms with E-state index in [-0.39, 0.29) is 4.21 Å². The van der Waals surface area contributed by atoms with E-state index in [0.29, 0.717) is 22.9 Å². The number of aryl methyl sites for hydroxylation is 2. The smallest absolute Gasteiger partial charge is 0.279 e. The topological polar surface area (TPSA) is 99.5 Å². The molecule has 0 aliphatic carbocycles. The molecule has 0 saturated carbocycles. The van der Waals surface area contributed by atoms with Crippen molar-refractivity contribution in [2.24, 2.45) is 0 Å². The summed E-state index contributed by atoms with van der Waals surface area (Å²) in [5.74, 6) is -0.450. The molecule has 0 aromatic carbocycles. The number of hydrogen-bond donors (Lipinski definition) is 1. The average molecular weight is 412 g/mol. The van der Waals surface area contributed by atoms with Crippen molar-refractivity contribution in [1.29, 1.82) is 0 Å². The average Bonchev–Trinajstić information content (AvgIpc) is 3.26. The Hall–Kier alpha value is -2.01. The minimum atomic E-state index is -3.69. The molecule has 1 unspecified atom stereocenters. The fourth-order valence-corrected chi connectivity index (χ4v) is 5.40. The molecule has 2 aromatic heterocycles. The third-order valence-electron chi connectivity index (χ3n) is 3.92. The van der Waals surface area contributed by atoms with Crippen LogP contribution in [0.5, 0.6) is 0 Å². The second-order valence-corrected chi connectivity index (χ2v) is 9.34. The van der Waals surface area contributed by atoms with Crippen LogP contribution in [0.4, 0.5) is 0 Å². The van der Waals surface area contributed by atoms with E-state index < -0.39 is 22.2 Å². The van der Waals surface area contributed by atoms with Crippen LogP contribution in [0, 0.1) is 13.8 Å². The van der Waals surface area contributed by atoms with Gasteiger partial charge in [-0.05, 0) is 44.4 Å². The Labute approximate surface area is 161 Å². The van der Waals surface area contributed by atoms with E-state index in [4.69, 9.17) is 9.57 Å². The van der Waals surface area contributed by atoms with Crippen LogP contribution in [0.15, 0.2) is 28.7 Å². The molecule has 1 N–H and O–H groups in total. The molecule has 1 saturated heterocycles. The van der Waals surface area contributed by atoms with Crippen LogP contribution in [0.1, 0.15) is 35.5 Å². The van der Waals surface area contributed by atoms with Gasteiger partial charge in [0.2, 0.25) is 0 Å². The molecule has 0 radical (unpaired) electrons. The first-order chi connectivity index (χ1) is 12.9. The molecule has 8 nitrogen and oxygen atoms in total. The summed E-state index contributed by atoms with van der Waals surface area (Å²) in [6.07, 6.45) is 7.97. The molecule has 1 aliphatic heterocycles. The number of hydroxylamine groups is 1. The summed E-state index contributed by atoms with van der Waals surface area (Å²) in [7, 11) is -3.69. The maximum atomic E-state index is 12.7. The molecule has 1 atom stereocenters. The second kappa shape index (κ2) is 8.34. The molecule has 1 amide bonds. The molecule has 2 aromatic rings. The van der Waals surface area contributed by atoms with Crippen molar-refractivity contribution >= 4 is 33.3 Å². The van der Waals surface area contributed by atoms with Gasteiger partial charge in [0.25, 0.3) is 15.9 Å². The monoisotopic (exact) mass is 411 g/mol. The number of nitrogens with one attached hydrogen (secondary N) is 1. The highest BCUT2D eigenvalue weighted by Crippen LogP contribution is 2.25. The highest BCUT2D eigenvalue weighted by atomic mass is 32.2. The van der Waals surface area contributed by atoms with E-state index in [0.717, 1.165) is 34.6 Å². The van der Waals surface area contributed by atoms with Gasteiger partial charge in [-0.3, -0.25) is 4.79 Å². The van der Waals surface area contributed by atoms with Crippen LogP contribution < -0.4 is 5.48 Å². The van der Waals surface area contributed by atoms with Crippen molar-refractivity contribution in [1.82, 2.24) is 14.4 Å². The third-order valence-corrected chi connectivity index (χ3v) is 7.21. The number of hydrogen-bond acceptors (Lipinski definition) is 7. The number of carbonyl (C=O) groups excluding carboxylic acids is 1. The predicted octanol–water partition coefficient (Wildman–Crippen LogP) is 2.39. The van der Waals surface area contributed by atoms with Gasteiger partial charge >= 0.3 is 0 Å². The fraction of sp³-hybridized carbons (Fsp3) is 0.412. The van der Waals surface area contributed by atoms with Crippen LogP contribution in [0.2, 0.25) is 0 Å². The molecule has 3 rings (SSSR count). The zero-order valence-corrected chi connectivity index (χ0v) is 16.7. The van der Waals surface area contributed by atoms with Crippen molar-refractivity contribution in [2.45, 2.75) is 43.6 Å². The van der Waals surface area contributed by atoms with Gasteiger partial charge in [-0.25, -0.2) is 19.3 Å². The molecule has 27 heavy (non-hydrogen) atoms. The number of nitrogens with zero attached hydrogens (tertiary/aromatic N) is 2. The normalized spacial score (nSPS) is 18.1. The van der Waals surface area contributed by atoms with Gasteiger partial charge in [0.1, 0.15) is 0 Å². The Morgan fingerprint density at radius 1 is 1.44 bits per heavy atom. The lowest BCUT2D eigenvalue weighted by Crippen LogP contribution is -2.32. The first-order valence-corrected chi connectivity index (χ1v) is 10.7. The molecule has 10 heteroatoms. The fourth-order valence-electron chi connectivity index (χ4n) is 2.62.